The van der Waals surface area contributed by atoms with Crippen LogP contribution < -0.4 is 5.32 Å². The molecule has 0 radical (unpaired) electrons. The molecule has 0 aliphatic carbocycles. The Morgan fingerprint density at radius 2 is 1.67 bits per heavy atom. The number of hydrogen-bond donors (Lipinski definition) is 1. The van der Waals surface area contributed by atoms with Crippen LogP contribution in [0.5, 0.6) is 0 Å². The lowest BCUT2D eigenvalue weighted by molar-refractivity contribution is 0.508. The zero-order chi connectivity index (χ0) is 13.4. The first-order valence-electron chi connectivity index (χ1n) is 7.44. The normalized spacial score (nSPS) is 12.4. The number of nitrogens with one attached hydrogen (secondary N) is 1. The number of aryl methyl sites for hydroxylation is 2. The Balaban J connectivity index is 2.26. The van der Waals surface area contributed by atoms with Gasteiger partial charge in [0.25, 0.3) is 0 Å². The molecule has 0 saturated carbocycles. The summed E-state index contributed by atoms with van der Waals surface area (Å²) in [5.41, 5.74) is 3.95. The fourth-order valence-corrected chi connectivity index (χ4v) is 2.39. The Bertz CT molecular complexity index is 323. The molecule has 0 amide bonds. The number of benzene rings is 1. The highest BCUT2D eigenvalue weighted by molar-refractivity contribution is 5.48. The maximum Gasteiger partial charge on any atom is 0.0345 e. The summed E-state index contributed by atoms with van der Waals surface area (Å²) < 4.78 is 0. The topological polar surface area (TPSA) is 12.0 Å². The van der Waals surface area contributed by atoms with Crippen LogP contribution in [-0.2, 0) is 0 Å². The minimum atomic E-state index is 0.766. The van der Waals surface area contributed by atoms with E-state index in [1.807, 2.05) is 0 Å². The van der Waals surface area contributed by atoms with Crippen LogP contribution in [0.15, 0.2) is 18.2 Å². The van der Waals surface area contributed by atoms with Crippen molar-refractivity contribution in [3.63, 3.8) is 0 Å². The molecule has 102 valence electrons. The second-order valence-corrected chi connectivity index (χ2v) is 5.71. The van der Waals surface area contributed by atoms with Gasteiger partial charge in [0.2, 0.25) is 0 Å². The van der Waals surface area contributed by atoms with Gasteiger partial charge in [-0.25, -0.2) is 0 Å². The van der Waals surface area contributed by atoms with E-state index >= 15 is 0 Å². The SMILES string of the molecule is CCCCCCC(C)CNc1cc(C)cc(C)c1. The van der Waals surface area contributed by atoms with Crippen molar-refractivity contribution < 1.29 is 0 Å². The van der Waals surface area contributed by atoms with Gasteiger partial charge in [-0.3, -0.25) is 0 Å². The maximum atomic E-state index is 3.57. The predicted molar refractivity (Wildman–Crippen MR) is 82.3 cm³/mol. The molecule has 1 unspecified atom stereocenters. The lowest BCUT2D eigenvalue weighted by atomic mass is 10.0. The molecule has 1 heteroatoms. The third-order valence-electron chi connectivity index (χ3n) is 3.43. The van der Waals surface area contributed by atoms with Crippen LogP contribution >= 0.6 is 0 Å². The highest BCUT2D eigenvalue weighted by Crippen LogP contribution is 2.16. The molecule has 0 fully saturated rings. The summed E-state index contributed by atoms with van der Waals surface area (Å²) in [5, 5.41) is 3.57. The summed E-state index contributed by atoms with van der Waals surface area (Å²) in [6.07, 6.45) is 6.83. The zero-order valence-electron chi connectivity index (χ0n) is 12.6. The first-order chi connectivity index (χ1) is 8.61. The van der Waals surface area contributed by atoms with E-state index in [4.69, 9.17) is 0 Å². The van der Waals surface area contributed by atoms with E-state index in [0.717, 1.165) is 12.5 Å². The van der Waals surface area contributed by atoms with Gasteiger partial charge >= 0.3 is 0 Å². The minimum absolute atomic E-state index is 0.766. The average Bonchev–Trinajstić information content (AvgIpc) is 2.31. The van der Waals surface area contributed by atoms with Gasteiger partial charge in [0.1, 0.15) is 0 Å². The zero-order valence-corrected chi connectivity index (χ0v) is 12.6. The fraction of sp³-hybridized carbons (Fsp3) is 0.647. The molecule has 0 aliphatic rings. The molecule has 1 rings (SSSR count). The number of hydrogen-bond acceptors (Lipinski definition) is 1. The molecule has 1 N–H and O–H groups in total. The minimum Gasteiger partial charge on any atom is -0.385 e. The van der Waals surface area contributed by atoms with Gasteiger partial charge in [0, 0.05) is 12.2 Å². The van der Waals surface area contributed by atoms with Gasteiger partial charge in [-0.1, -0.05) is 45.6 Å². The van der Waals surface area contributed by atoms with E-state index in [0.29, 0.717) is 0 Å². The largest absolute Gasteiger partial charge is 0.385 e. The fourth-order valence-electron chi connectivity index (χ4n) is 2.39. The molecule has 0 heterocycles. The van der Waals surface area contributed by atoms with E-state index in [1.54, 1.807) is 0 Å². The molecule has 18 heavy (non-hydrogen) atoms. The van der Waals surface area contributed by atoms with Crippen LogP contribution in [-0.4, -0.2) is 6.54 Å². The standard InChI is InChI=1S/C17H29N/c1-5-6-7-8-9-14(2)13-18-17-11-15(3)10-16(4)12-17/h10-12,14,18H,5-9,13H2,1-4H3. The van der Waals surface area contributed by atoms with Crippen molar-refractivity contribution in [2.75, 3.05) is 11.9 Å². The summed E-state index contributed by atoms with van der Waals surface area (Å²) in [6.45, 7) is 10.0. The van der Waals surface area contributed by atoms with Crippen LogP contribution in [0.4, 0.5) is 5.69 Å². The molecule has 0 aromatic heterocycles. The van der Waals surface area contributed by atoms with E-state index in [9.17, 15) is 0 Å². The Hall–Kier alpha value is -0.980. The predicted octanol–water partition coefficient (Wildman–Crippen LogP) is 5.32. The third kappa shape index (κ3) is 6.09. The second-order valence-electron chi connectivity index (χ2n) is 5.71. The van der Waals surface area contributed by atoms with Crippen LogP contribution in [0.3, 0.4) is 0 Å². The van der Waals surface area contributed by atoms with Crippen LogP contribution in [0.2, 0.25) is 0 Å². The van der Waals surface area contributed by atoms with E-state index in [1.165, 1.54) is 48.9 Å². The summed E-state index contributed by atoms with van der Waals surface area (Å²) in [4.78, 5) is 0. The first-order valence-corrected chi connectivity index (χ1v) is 7.44. The molecule has 1 aromatic carbocycles. The van der Waals surface area contributed by atoms with Gasteiger partial charge in [-0.2, -0.15) is 0 Å². The summed E-state index contributed by atoms with van der Waals surface area (Å²) >= 11 is 0. The van der Waals surface area contributed by atoms with Gasteiger partial charge in [-0.15, -0.1) is 0 Å². The van der Waals surface area contributed by atoms with Crippen molar-refractivity contribution in [3.8, 4) is 0 Å². The lowest BCUT2D eigenvalue weighted by Crippen LogP contribution is -2.11. The van der Waals surface area contributed by atoms with Crippen molar-refractivity contribution in [2.24, 2.45) is 5.92 Å². The first kappa shape index (κ1) is 15.1. The van der Waals surface area contributed by atoms with Crippen LogP contribution in [0.25, 0.3) is 0 Å². The quantitative estimate of drug-likeness (QED) is 0.613. The second kappa shape index (κ2) is 8.18. The Kier molecular flexibility index (Phi) is 6.85. The van der Waals surface area contributed by atoms with Gasteiger partial charge in [0.15, 0.2) is 0 Å². The van der Waals surface area contributed by atoms with Gasteiger partial charge in [-0.05, 0) is 49.4 Å². The van der Waals surface area contributed by atoms with Crippen LogP contribution in [0.1, 0.15) is 57.1 Å². The summed E-state index contributed by atoms with van der Waals surface area (Å²) in [7, 11) is 0. The van der Waals surface area contributed by atoms with E-state index < -0.39 is 0 Å². The number of unbranched alkanes of at least 4 members (excludes halogenated alkanes) is 3. The monoisotopic (exact) mass is 247 g/mol. The highest BCUT2D eigenvalue weighted by atomic mass is 14.9. The van der Waals surface area contributed by atoms with E-state index in [-0.39, 0.29) is 0 Å². The number of rotatable bonds is 8. The lowest BCUT2D eigenvalue weighted by Gasteiger charge is -2.14. The maximum absolute atomic E-state index is 3.57. The molecule has 1 nitrogen and oxygen atoms in total. The van der Waals surface area contributed by atoms with Crippen molar-refractivity contribution in [3.05, 3.63) is 29.3 Å². The van der Waals surface area contributed by atoms with Crippen molar-refractivity contribution in [1.82, 2.24) is 0 Å². The Morgan fingerprint density at radius 1 is 1.00 bits per heavy atom. The van der Waals surface area contributed by atoms with Gasteiger partial charge < -0.3 is 5.32 Å². The van der Waals surface area contributed by atoms with E-state index in [2.05, 4.69) is 51.2 Å². The van der Waals surface area contributed by atoms with Crippen molar-refractivity contribution in [2.45, 2.75) is 59.8 Å². The molecule has 0 spiro atoms. The average molecular weight is 247 g/mol. The molecular weight excluding hydrogens is 218 g/mol. The van der Waals surface area contributed by atoms with Crippen molar-refractivity contribution >= 4 is 5.69 Å². The number of anilines is 1. The third-order valence-corrected chi connectivity index (χ3v) is 3.43. The van der Waals surface area contributed by atoms with Crippen molar-refractivity contribution in [1.29, 1.82) is 0 Å². The molecule has 1 atom stereocenters. The molecule has 0 saturated heterocycles. The molecule has 1 aromatic rings. The summed E-state index contributed by atoms with van der Waals surface area (Å²) in [5.74, 6) is 0.766. The highest BCUT2D eigenvalue weighted by Gasteiger charge is 2.02. The Labute approximate surface area is 113 Å². The smallest absolute Gasteiger partial charge is 0.0345 e. The molecule has 0 aliphatic heterocycles. The molecule has 0 bridgehead atoms. The molecular formula is C17H29N. The van der Waals surface area contributed by atoms with Gasteiger partial charge in [0.05, 0.1) is 0 Å². The Morgan fingerprint density at radius 3 is 2.28 bits per heavy atom. The summed E-state index contributed by atoms with van der Waals surface area (Å²) in [6, 6.07) is 6.69. The van der Waals surface area contributed by atoms with Crippen LogP contribution in [0, 0.1) is 19.8 Å².